The van der Waals surface area contributed by atoms with Crippen molar-refractivity contribution in [3.63, 3.8) is 0 Å². The van der Waals surface area contributed by atoms with Crippen LogP contribution in [0, 0.1) is 0 Å². The summed E-state index contributed by atoms with van der Waals surface area (Å²) in [5.41, 5.74) is 23.1. The molecule has 33 rings (SSSR count). The molecule has 150 heavy (non-hydrogen) atoms. The SMILES string of the molecule is CC1(C)c2ccccc2-c2c(-c3nnc(-n4c5cc6ccccc6cc5c5ccc6ccccc6c54)c4ccccc34)cccc21.[2H]c1c([2H])c([2H])c(-n2c3ccccc3c3ccc(-c4nnc(-n5c6cc7ccccc7cc6c6c7ccccc7ccc65)c5ccccc45)cc32)c([2H])c1[2H].c1ccc(-n2c3ccc(-c4nc(-n5c6cc7ccccc7cc6c6cc7ccccc7cc65)nc5ccccc45)cc3c3c4ccccc4ccc32)cc1. The van der Waals surface area contributed by atoms with Crippen molar-refractivity contribution in [2.45, 2.75) is 19.3 Å². The Kier molecular flexibility index (Phi) is 17.5. The minimum atomic E-state index is -0.424. The Hall–Kier alpha value is -19.9. The molecule has 0 radical (unpaired) electrons. The molecule has 11 nitrogen and oxygen atoms in total. The lowest BCUT2D eigenvalue weighted by molar-refractivity contribution is 0.660. The third-order valence-corrected chi connectivity index (χ3v) is 31.6. The summed E-state index contributed by atoms with van der Waals surface area (Å²) in [5, 5.41) is 53.4. The number of hydrogen-bond acceptors (Lipinski definition) is 6. The van der Waals surface area contributed by atoms with Crippen LogP contribution in [-0.4, -0.2) is 53.2 Å². The second-order valence-electron chi connectivity index (χ2n) is 40.0. The number of fused-ring (bicyclic) bond motifs is 31. The molecule has 8 aromatic heterocycles. The standard InChI is InChI=1S/C50H30N4.C46H28N4.C43H29N3/c1-2-17-37(18-3-1)53-44-24-23-36(28-42(44)48-38-19-9-8-12-31(38)22-25-45(48)53)49-39-20-10-11-21-43(39)51-50(52-49)54-46-29-34-15-6-4-13-32(34)26-40(46)41-27-33-14-5-7-16-35(33)30-47(41)54;1-2-15-33(16-3-1)49-40-21-11-10-18-35(40)36-24-22-32(28-42(36)49)45-37-19-8-9-20-38(37)46(48-47-45)50-41-25-23-29-12-6-7-17-34(29)44(41)39-26-30-13-4-5-14-31(30)27-43(39)50;1-43(2)36-20-10-9-18-33(36)39-34(19-11-21-37(39)43)40-30-16-7-8-17-32(30)42(45-44-40)46-38-25-28-14-4-3-13-27(28)24-35(38)31-23-22-26-12-5-6-15-29(26)41(31)46/h1-30H;1-28H;3-25H,1-2H3/i;1D,2D,3D,15D,16D;. The van der Waals surface area contributed by atoms with Crippen LogP contribution in [0.5, 0.6) is 0 Å². The van der Waals surface area contributed by atoms with Gasteiger partial charge in [-0.05, 0) is 207 Å². The van der Waals surface area contributed by atoms with Gasteiger partial charge in [-0.2, -0.15) is 0 Å². The van der Waals surface area contributed by atoms with Gasteiger partial charge in [0.1, 0.15) is 11.4 Å². The molecule has 0 unspecified atom stereocenters. The average Bonchev–Trinajstić information content (AvgIpc) is 1.56. The van der Waals surface area contributed by atoms with Crippen molar-refractivity contribution in [2.75, 3.05) is 0 Å². The van der Waals surface area contributed by atoms with Gasteiger partial charge in [0.2, 0.25) is 5.95 Å². The van der Waals surface area contributed by atoms with Crippen molar-refractivity contribution in [1.82, 2.24) is 53.2 Å². The molecule has 11 heteroatoms. The lowest BCUT2D eigenvalue weighted by atomic mass is 9.82. The summed E-state index contributed by atoms with van der Waals surface area (Å²) in [5.74, 6) is 2.23. The van der Waals surface area contributed by atoms with Crippen molar-refractivity contribution >= 4 is 217 Å². The smallest absolute Gasteiger partial charge is 0.235 e. The lowest BCUT2D eigenvalue weighted by Gasteiger charge is -2.21. The van der Waals surface area contributed by atoms with Crippen molar-refractivity contribution in [3.05, 3.63) is 502 Å². The summed E-state index contributed by atoms with van der Waals surface area (Å²) < 4.78 is 53.9. The van der Waals surface area contributed by atoms with Crippen molar-refractivity contribution < 1.29 is 6.85 Å². The van der Waals surface area contributed by atoms with E-state index in [0.29, 0.717) is 17.2 Å². The highest BCUT2D eigenvalue weighted by Gasteiger charge is 2.38. The van der Waals surface area contributed by atoms with Gasteiger partial charge in [0, 0.05) is 120 Å². The van der Waals surface area contributed by atoms with Crippen LogP contribution in [0.2, 0.25) is 0 Å². The minimum absolute atomic E-state index is 0.0854. The van der Waals surface area contributed by atoms with Crippen LogP contribution in [0.3, 0.4) is 0 Å². The van der Waals surface area contributed by atoms with E-state index in [1.807, 2.05) is 54.6 Å². The van der Waals surface area contributed by atoms with E-state index >= 15 is 0 Å². The van der Waals surface area contributed by atoms with Gasteiger partial charge in [-0.1, -0.05) is 390 Å². The second kappa shape index (κ2) is 33.1. The Bertz CT molecular complexity index is 11600. The summed E-state index contributed by atoms with van der Waals surface area (Å²) in [6.07, 6.45) is 0. The van der Waals surface area contributed by atoms with E-state index in [2.05, 4.69) is 439 Å². The van der Waals surface area contributed by atoms with Crippen LogP contribution in [0.1, 0.15) is 31.8 Å². The molecular formula is C139H87N11. The van der Waals surface area contributed by atoms with Gasteiger partial charge in [0.15, 0.2) is 11.6 Å². The van der Waals surface area contributed by atoms with Gasteiger partial charge in [0.25, 0.3) is 0 Å². The van der Waals surface area contributed by atoms with E-state index in [9.17, 15) is 0 Å². The summed E-state index contributed by atoms with van der Waals surface area (Å²) in [6, 6.07) is 162. The van der Waals surface area contributed by atoms with Crippen LogP contribution >= 0.6 is 0 Å². The zero-order chi connectivity index (χ0) is 103. The van der Waals surface area contributed by atoms with Gasteiger partial charge in [-0.25, -0.2) is 9.97 Å². The molecular weight excluding hydrogens is 1820 g/mol. The molecule has 1 aliphatic carbocycles. The summed E-state index contributed by atoms with van der Waals surface area (Å²) in [4.78, 5) is 10.8. The first-order chi connectivity index (χ1) is 76.2. The topological polar surface area (TPSA) is 102 Å². The van der Waals surface area contributed by atoms with Crippen molar-refractivity contribution in [1.29, 1.82) is 0 Å². The highest BCUT2D eigenvalue weighted by molar-refractivity contribution is 6.27. The Balaban J connectivity index is 0.000000104. The van der Waals surface area contributed by atoms with Gasteiger partial charge in [-0.3, -0.25) is 13.7 Å². The second-order valence-corrected chi connectivity index (χ2v) is 40.0. The maximum Gasteiger partial charge on any atom is 0.235 e. The number of hydrogen-bond donors (Lipinski definition) is 0. The molecule has 0 fully saturated rings. The highest BCUT2D eigenvalue weighted by atomic mass is 15.2. The number of rotatable bonds is 8. The maximum absolute atomic E-state index is 8.87. The molecule has 0 bridgehead atoms. The quantitative estimate of drug-likeness (QED) is 0.150. The molecule has 32 aromatic rings. The normalized spacial score (nSPS) is 13.0. The molecule has 0 spiro atoms. The average molecular weight is 1920 g/mol. The largest absolute Gasteiger partial charge is 0.309 e. The Morgan fingerprint density at radius 1 is 0.213 bits per heavy atom. The molecule has 0 saturated carbocycles. The molecule has 0 aliphatic heterocycles. The number of para-hydroxylation sites is 4. The maximum atomic E-state index is 8.87. The first kappa shape index (κ1) is 79.6. The zero-order valence-electron chi connectivity index (χ0n) is 86.3. The fourth-order valence-electron chi connectivity index (χ4n) is 24.8. The molecule has 24 aromatic carbocycles. The lowest BCUT2D eigenvalue weighted by Crippen LogP contribution is -2.14. The Morgan fingerprint density at radius 3 is 1.24 bits per heavy atom. The first-order valence-electron chi connectivity index (χ1n) is 53.5. The fraction of sp³-hybridized carbons (Fsp3) is 0.0216. The van der Waals surface area contributed by atoms with Gasteiger partial charge >= 0.3 is 0 Å². The van der Waals surface area contributed by atoms with Gasteiger partial charge in [0.05, 0.1) is 73.2 Å². The van der Waals surface area contributed by atoms with Crippen molar-refractivity contribution in [3.8, 4) is 73.9 Å². The van der Waals surface area contributed by atoms with Gasteiger partial charge in [-0.15, -0.1) is 20.4 Å². The summed E-state index contributed by atoms with van der Waals surface area (Å²) in [6.45, 7) is 4.65. The van der Waals surface area contributed by atoms with Crippen molar-refractivity contribution in [2.24, 2.45) is 0 Å². The van der Waals surface area contributed by atoms with Gasteiger partial charge < -0.3 is 9.13 Å². The molecule has 1 aliphatic rings. The summed E-state index contributed by atoms with van der Waals surface area (Å²) in [7, 11) is 0. The van der Waals surface area contributed by atoms with E-state index < -0.39 is 6.04 Å². The van der Waals surface area contributed by atoms with Crippen LogP contribution in [-0.2, 0) is 5.41 Å². The van der Waals surface area contributed by atoms with Crippen LogP contribution in [0.15, 0.2) is 491 Å². The first-order valence-corrected chi connectivity index (χ1v) is 51.0. The predicted molar refractivity (Wildman–Crippen MR) is 627 cm³/mol. The monoisotopic (exact) mass is 1910 g/mol. The summed E-state index contributed by atoms with van der Waals surface area (Å²) >= 11 is 0. The van der Waals surface area contributed by atoms with Crippen LogP contribution in [0.4, 0.5) is 0 Å². The number of benzene rings is 24. The zero-order valence-corrected chi connectivity index (χ0v) is 81.3. The van der Waals surface area contributed by atoms with E-state index in [4.69, 9.17) is 37.2 Å². The molecule has 698 valence electrons. The Morgan fingerprint density at radius 2 is 0.613 bits per heavy atom. The molecule has 0 atom stereocenters. The Labute approximate surface area is 866 Å². The van der Waals surface area contributed by atoms with E-state index in [0.717, 1.165) is 144 Å². The highest BCUT2D eigenvalue weighted by Crippen LogP contribution is 2.54. The molecule has 0 saturated heterocycles. The van der Waals surface area contributed by atoms with Crippen LogP contribution in [0.25, 0.3) is 291 Å². The van der Waals surface area contributed by atoms with E-state index in [1.54, 1.807) is 4.57 Å². The number of aromatic nitrogens is 11. The van der Waals surface area contributed by atoms with E-state index in [1.165, 1.54) is 135 Å². The van der Waals surface area contributed by atoms with E-state index in [-0.39, 0.29) is 35.3 Å². The van der Waals surface area contributed by atoms with Crippen LogP contribution < -0.4 is 0 Å². The third-order valence-electron chi connectivity index (χ3n) is 31.6. The third kappa shape index (κ3) is 12.9. The predicted octanol–water partition coefficient (Wildman–Crippen LogP) is 35.8. The molecule has 0 amide bonds. The number of nitrogens with zero attached hydrogens (tertiary/aromatic N) is 11. The molecule has 0 N–H and O–H groups in total. The minimum Gasteiger partial charge on any atom is -0.309 e. The molecule has 8 heterocycles. The fourth-order valence-corrected chi connectivity index (χ4v) is 24.8.